The SMILES string of the molecule is O=C(O)[C@@H](CS)N=C1CC=CCN1C(=O)Cc1ccccc1. The number of carboxylic acids is 1. The predicted molar refractivity (Wildman–Crippen MR) is 88.3 cm³/mol. The topological polar surface area (TPSA) is 70.0 Å². The van der Waals surface area contributed by atoms with Crippen molar-refractivity contribution in [2.75, 3.05) is 12.3 Å². The van der Waals surface area contributed by atoms with Crippen molar-refractivity contribution in [3.05, 3.63) is 48.0 Å². The van der Waals surface area contributed by atoms with Gasteiger partial charge in [0.05, 0.1) is 6.42 Å². The van der Waals surface area contributed by atoms with Crippen molar-refractivity contribution >= 4 is 30.3 Å². The molecule has 0 aromatic heterocycles. The predicted octanol–water partition coefficient (Wildman–Crippen LogP) is 1.80. The Bertz CT molecular complexity index is 599. The Morgan fingerprint density at radius 3 is 2.64 bits per heavy atom. The number of amidine groups is 1. The van der Waals surface area contributed by atoms with Crippen LogP contribution in [0.4, 0.5) is 0 Å². The van der Waals surface area contributed by atoms with Crippen LogP contribution in [0.3, 0.4) is 0 Å². The van der Waals surface area contributed by atoms with E-state index < -0.39 is 12.0 Å². The highest BCUT2D eigenvalue weighted by Gasteiger charge is 2.23. The lowest BCUT2D eigenvalue weighted by atomic mass is 10.1. The first-order valence-corrected chi connectivity index (χ1v) is 7.64. The minimum atomic E-state index is -1.03. The number of carbonyl (C=O) groups is 2. The van der Waals surface area contributed by atoms with Crippen LogP contribution < -0.4 is 0 Å². The molecule has 0 unspecified atom stereocenters. The molecule has 116 valence electrons. The lowest BCUT2D eigenvalue weighted by molar-refractivity contribution is -0.138. The lowest BCUT2D eigenvalue weighted by Gasteiger charge is -2.26. The number of hydrogen-bond acceptors (Lipinski definition) is 4. The van der Waals surface area contributed by atoms with Gasteiger partial charge in [-0.1, -0.05) is 42.5 Å². The largest absolute Gasteiger partial charge is 0.480 e. The number of benzene rings is 1. The standard InChI is InChI=1S/C16H18N2O3S/c19-15(10-12-6-2-1-3-7-12)18-9-5-4-8-14(18)17-13(11-22)16(20)21/h1-7,13,22H,8-11H2,(H,20,21)/t13-/m1/s1. The second kappa shape index (κ2) is 7.79. The van der Waals surface area contributed by atoms with Crippen LogP contribution in [-0.2, 0) is 16.0 Å². The maximum absolute atomic E-state index is 12.5. The van der Waals surface area contributed by atoms with Gasteiger partial charge < -0.3 is 5.11 Å². The molecule has 2 rings (SSSR count). The summed E-state index contributed by atoms with van der Waals surface area (Å²) in [4.78, 5) is 29.3. The summed E-state index contributed by atoms with van der Waals surface area (Å²) in [5.41, 5.74) is 0.922. The zero-order valence-corrected chi connectivity index (χ0v) is 12.9. The van der Waals surface area contributed by atoms with E-state index in [1.807, 2.05) is 42.5 Å². The van der Waals surface area contributed by atoms with E-state index in [9.17, 15) is 9.59 Å². The maximum Gasteiger partial charge on any atom is 0.329 e. The summed E-state index contributed by atoms with van der Waals surface area (Å²) in [6, 6.07) is 8.51. The molecule has 0 aliphatic carbocycles. The first-order chi connectivity index (χ1) is 10.6. The smallest absolute Gasteiger partial charge is 0.329 e. The van der Waals surface area contributed by atoms with Crippen LogP contribution in [0.2, 0.25) is 0 Å². The molecule has 1 amide bonds. The number of thiol groups is 1. The minimum Gasteiger partial charge on any atom is -0.480 e. The van der Waals surface area contributed by atoms with E-state index in [2.05, 4.69) is 17.6 Å². The number of carbonyl (C=O) groups excluding carboxylic acids is 1. The van der Waals surface area contributed by atoms with Crippen molar-refractivity contribution in [3.63, 3.8) is 0 Å². The number of rotatable bonds is 5. The van der Waals surface area contributed by atoms with Crippen molar-refractivity contribution in [1.82, 2.24) is 4.90 Å². The van der Waals surface area contributed by atoms with E-state index in [4.69, 9.17) is 5.11 Å². The molecule has 0 saturated carbocycles. The van der Waals surface area contributed by atoms with Gasteiger partial charge in [0.15, 0.2) is 6.04 Å². The second-order valence-electron chi connectivity index (χ2n) is 4.92. The van der Waals surface area contributed by atoms with Gasteiger partial charge in [0.1, 0.15) is 5.84 Å². The third-order valence-corrected chi connectivity index (χ3v) is 3.67. The van der Waals surface area contributed by atoms with E-state index >= 15 is 0 Å². The summed E-state index contributed by atoms with van der Waals surface area (Å²) in [7, 11) is 0. The van der Waals surface area contributed by atoms with Crippen molar-refractivity contribution < 1.29 is 14.7 Å². The number of carboxylic acid groups (broad SMARTS) is 1. The molecule has 1 aliphatic rings. The van der Waals surface area contributed by atoms with Crippen LogP contribution in [0.1, 0.15) is 12.0 Å². The summed E-state index contributed by atoms with van der Waals surface area (Å²) in [5.74, 6) is -0.529. The average Bonchev–Trinajstić information content (AvgIpc) is 2.53. The fraction of sp³-hybridized carbons (Fsp3) is 0.312. The first kappa shape index (κ1) is 16.3. The third kappa shape index (κ3) is 4.21. The molecule has 0 bridgehead atoms. The van der Waals surface area contributed by atoms with Gasteiger partial charge in [-0.05, 0) is 5.56 Å². The Hall–Kier alpha value is -2.08. The number of aliphatic imine (C=N–C) groups is 1. The Labute approximate surface area is 134 Å². The molecule has 0 saturated heterocycles. The number of amides is 1. The molecule has 0 fully saturated rings. The van der Waals surface area contributed by atoms with Crippen LogP contribution in [-0.4, -0.2) is 46.1 Å². The van der Waals surface area contributed by atoms with Crippen LogP contribution in [0.15, 0.2) is 47.5 Å². The monoisotopic (exact) mass is 318 g/mol. The molecule has 1 heterocycles. The maximum atomic E-state index is 12.5. The third-order valence-electron chi connectivity index (χ3n) is 3.33. The van der Waals surface area contributed by atoms with Crippen LogP contribution in [0.5, 0.6) is 0 Å². The molecule has 1 atom stereocenters. The summed E-state index contributed by atoms with van der Waals surface area (Å²) in [6.07, 6.45) is 4.51. The highest BCUT2D eigenvalue weighted by Crippen LogP contribution is 2.11. The van der Waals surface area contributed by atoms with Gasteiger partial charge in [-0.2, -0.15) is 12.6 Å². The Morgan fingerprint density at radius 1 is 1.27 bits per heavy atom. The molecule has 0 radical (unpaired) electrons. The molecule has 6 heteroatoms. The van der Waals surface area contributed by atoms with Gasteiger partial charge >= 0.3 is 5.97 Å². The fourth-order valence-corrected chi connectivity index (χ4v) is 2.41. The van der Waals surface area contributed by atoms with Crippen molar-refractivity contribution in [1.29, 1.82) is 0 Å². The molecule has 1 N–H and O–H groups in total. The van der Waals surface area contributed by atoms with Crippen molar-refractivity contribution in [3.8, 4) is 0 Å². The molecule has 5 nitrogen and oxygen atoms in total. The van der Waals surface area contributed by atoms with Gasteiger partial charge in [-0.25, -0.2) is 4.79 Å². The van der Waals surface area contributed by atoms with E-state index in [0.717, 1.165) is 5.56 Å². The molecular formula is C16H18N2O3S. The Morgan fingerprint density at radius 2 is 2.00 bits per heavy atom. The van der Waals surface area contributed by atoms with Crippen molar-refractivity contribution in [2.24, 2.45) is 4.99 Å². The molecule has 1 aromatic carbocycles. The zero-order chi connectivity index (χ0) is 15.9. The van der Waals surface area contributed by atoms with E-state index in [-0.39, 0.29) is 18.1 Å². The normalized spacial score (nSPS) is 17.5. The first-order valence-electron chi connectivity index (χ1n) is 7.01. The van der Waals surface area contributed by atoms with Crippen LogP contribution in [0, 0.1) is 0 Å². The zero-order valence-electron chi connectivity index (χ0n) is 12.1. The Balaban J connectivity index is 2.16. The van der Waals surface area contributed by atoms with Gasteiger partial charge in [0.2, 0.25) is 5.91 Å². The van der Waals surface area contributed by atoms with Crippen molar-refractivity contribution in [2.45, 2.75) is 18.9 Å². The minimum absolute atomic E-state index is 0.0856. The van der Waals surface area contributed by atoms with Gasteiger partial charge in [0, 0.05) is 18.7 Å². The highest BCUT2D eigenvalue weighted by molar-refractivity contribution is 7.80. The summed E-state index contributed by atoms with van der Waals surface area (Å²) >= 11 is 4.01. The summed E-state index contributed by atoms with van der Waals surface area (Å²) < 4.78 is 0. The molecular weight excluding hydrogens is 300 g/mol. The number of nitrogens with zero attached hydrogens (tertiary/aromatic N) is 2. The van der Waals surface area contributed by atoms with Crippen LogP contribution >= 0.6 is 12.6 Å². The number of aliphatic carboxylic acids is 1. The number of hydrogen-bond donors (Lipinski definition) is 2. The quantitative estimate of drug-likeness (QED) is 0.642. The lowest BCUT2D eigenvalue weighted by Crippen LogP contribution is -2.41. The van der Waals surface area contributed by atoms with E-state index in [0.29, 0.717) is 18.8 Å². The highest BCUT2D eigenvalue weighted by atomic mass is 32.1. The average molecular weight is 318 g/mol. The summed E-state index contributed by atoms with van der Waals surface area (Å²) in [6.45, 7) is 0.420. The summed E-state index contributed by atoms with van der Waals surface area (Å²) in [5, 5.41) is 9.09. The van der Waals surface area contributed by atoms with E-state index in [1.54, 1.807) is 4.90 Å². The molecule has 0 spiro atoms. The van der Waals surface area contributed by atoms with Crippen LogP contribution in [0.25, 0.3) is 0 Å². The Kier molecular flexibility index (Phi) is 5.77. The fourth-order valence-electron chi connectivity index (χ4n) is 2.17. The molecule has 22 heavy (non-hydrogen) atoms. The molecule has 1 aromatic rings. The van der Waals surface area contributed by atoms with E-state index in [1.165, 1.54) is 0 Å². The van der Waals surface area contributed by atoms with Gasteiger partial charge in [-0.15, -0.1) is 0 Å². The van der Waals surface area contributed by atoms with Gasteiger partial charge in [0.25, 0.3) is 0 Å². The van der Waals surface area contributed by atoms with Gasteiger partial charge in [-0.3, -0.25) is 14.7 Å². The second-order valence-corrected chi connectivity index (χ2v) is 5.29. The molecule has 1 aliphatic heterocycles.